The molecule has 0 saturated carbocycles. The van der Waals surface area contributed by atoms with E-state index in [2.05, 4.69) is 0 Å². The van der Waals surface area contributed by atoms with Crippen molar-refractivity contribution in [3.8, 4) is 0 Å². The zero-order valence-corrected chi connectivity index (χ0v) is 11.5. The largest absolute Gasteiger partial charge is 0.480 e. The molecule has 0 fully saturated rings. The second-order valence-electron chi connectivity index (χ2n) is 3.98. The van der Waals surface area contributed by atoms with Crippen LogP contribution in [0.3, 0.4) is 0 Å². The van der Waals surface area contributed by atoms with Crippen LogP contribution in [-0.4, -0.2) is 72.1 Å². The molecule has 9 nitrogen and oxygen atoms in total. The Kier molecular flexibility index (Phi) is 7.71. The molecule has 0 rings (SSSR count). The van der Waals surface area contributed by atoms with Crippen LogP contribution in [0.1, 0.15) is 13.3 Å². The number of hydrogen-bond acceptors (Lipinski definition) is 5. The van der Waals surface area contributed by atoms with Crippen LogP contribution in [0, 0.1) is 0 Å². The van der Waals surface area contributed by atoms with Gasteiger partial charge in [0.05, 0.1) is 13.0 Å². The number of carbonyl (C=O) groups excluding carboxylic acids is 3. The van der Waals surface area contributed by atoms with E-state index in [1.165, 1.54) is 7.05 Å². The van der Waals surface area contributed by atoms with Gasteiger partial charge in [-0.1, -0.05) is 0 Å². The monoisotopic (exact) mass is 289 g/mol. The van der Waals surface area contributed by atoms with Crippen LogP contribution in [0.15, 0.2) is 0 Å². The number of carboxylic acids is 1. The molecule has 0 saturated heterocycles. The van der Waals surface area contributed by atoms with E-state index in [1.54, 1.807) is 6.92 Å². The minimum Gasteiger partial charge on any atom is -0.480 e. The highest BCUT2D eigenvalue weighted by Crippen LogP contribution is 1.99. The van der Waals surface area contributed by atoms with Crippen LogP contribution < -0.4 is 5.73 Å². The van der Waals surface area contributed by atoms with Crippen molar-refractivity contribution in [3.63, 3.8) is 0 Å². The second-order valence-corrected chi connectivity index (χ2v) is 3.98. The van der Waals surface area contributed by atoms with Gasteiger partial charge in [0.1, 0.15) is 13.1 Å². The first-order chi connectivity index (χ1) is 9.27. The predicted molar refractivity (Wildman–Crippen MR) is 67.7 cm³/mol. The Morgan fingerprint density at radius 1 is 1.20 bits per heavy atom. The summed E-state index contributed by atoms with van der Waals surface area (Å²) in [5.41, 5.74) is 4.95. The molecule has 0 aliphatic rings. The van der Waals surface area contributed by atoms with Gasteiger partial charge in [-0.2, -0.15) is 0 Å². The maximum Gasteiger partial charge on any atom is 0.323 e. The van der Waals surface area contributed by atoms with Gasteiger partial charge in [-0.3, -0.25) is 14.4 Å². The molecule has 0 spiro atoms. The van der Waals surface area contributed by atoms with Crippen LogP contribution in [-0.2, 0) is 19.1 Å². The molecule has 0 aromatic carbocycles. The highest BCUT2D eigenvalue weighted by atomic mass is 16.5. The Morgan fingerprint density at radius 3 is 2.25 bits per heavy atom. The third-order valence-electron chi connectivity index (χ3n) is 2.23. The van der Waals surface area contributed by atoms with E-state index in [4.69, 9.17) is 15.6 Å². The summed E-state index contributed by atoms with van der Waals surface area (Å²) in [6, 6.07) is -0.699. The average molecular weight is 289 g/mol. The molecule has 114 valence electrons. The van der Waals surface area contributed by atoms with Crippen molar-refractivity contribution in [2.24, 2.45) is 5.73 Å². The first-order valence-corrected chi connectivity index (χ1v) is 5.93. The lowest BCUT2D eigenvalue weighted by Gasteiger charge is -2.25. The van der Waals surface area contributed by atoms with Crippen molar-refractivity contribution in [2.45, 2.75) is 13.3 Å². The Morgan fingerprint density at radius 2 is 1.80 bits per heavy atom. The summed E-state index contributed by atoms with van der Waals surface area (Å²) in [5, 5.41) is 8.68. The summed E-state index contributed by atoms with van der Waals surface area (Å²) in [6.07, 6.45) is -0.0203. The normalized spacial score (nSPS) is 9.70. The lowest BCUT2D eigenvalue weighted by Crippen LogP contribution is -2.47. The molecule has 0 bridgehead atoms. The highest BCUT2D eigenvalue weighted by molar-refractivity contribution is 5.86. The van der Waals surface area contributed by atoms with Gasteiger partial charge >= 0.3 is 18.0 Å². The van der Waals surface area contributed by atoms with E-state index in [1.807, 2.05) is 0 Å². The predicted octanol–water partition coefficient (Wildman–Crippen LogP) is -1.14. The van der Waals surface area contributed by atoms with Gasteiger partial charge in [-0.15, -0.1) is 0 Å². The van der Waals surface area contributed by atoms with E-state index in [0.717, 1.165) is 9.80 Å². The summed E-state index contributed by atoms with van der Waals surface area (Å²) in [4.78, 5) is 46.4. The minimum absolute atomic E-state index is 0.0203. The SMILES string of the molecule is CCOC(=O)CCN(C)C(=O)N(CC(N)=O)CC(=O)O. The van der Waals surface area contributed by atoms with Gasteiger partial charge in [0.15, 0.2) is 0 Å². The number of ether oxygens (including phenoxy) is 1. The molecule has 0 unspecified atom stereocenters. The maximum absolute atomic E-state index is 11.9. The number of primary amides is 1. The lowest BCUT2D eigenvalue weighted by atomic mass is 10.4. The van der Waals surface area contributed by atoms with Crippen LogP contribution in [0.2, 0.25) is 0 Å². The molecule has 9 heteroatoms. The summed E-state index contributed by atoms with van der Waals surface area (Å²) in [6.45, 7) is 0.796. The van der Waals surface area contributed by atoms with Crippen molar-refractivity contribution in [1.29, 1.82) is 0 Å². The fourth-order valence-electron chi connectivity index (χ4n) is 1.37. The minimum atomic E-state index is -1.27. The van der Waals surface area contributed by atoms with E-state index in [9.17, 15) is 19.2 Å². The Labute approximate surface area is 116 Å². The Hall–Kier alpha value is -2.32. The first kappa shape index (κ1) is 17.7. The van der Waals surface area contributed by atoms with Crippen LogP contribution >= 0.6 is 0 Å². The number of nitrogens with zero attached hydrogens (tertiary/aromatic N) is 2. The van der Waals surface area contributed by atoms with Gasteiger partial charge < -0.3 is 25.4 Å². The molecule has 0 heterocycles. The fraction of sp³-hybridized carbons (Fsp3) is 0.636. The number of urea groups is 1. The van der Waals surface area contributed by atoms with Gasteiger partial charge in [-0.05, 0) is 6.92 Å². The lowest BCUT2D eigenvalue weighted by molar-refractivity contribution is -0.143. The van der Waals surface area contributed by atoms with Crippen LogP contribution in [0.4, 0.5) is 4.79 Å². The Bertz CT molecular complexity index is 368. The number of nitrogens with two attached hydrogens (primary N) is 1. The van der Waals surface area contributed by atoms with Gasteiger partial charge in [0.2, 0.25) is 5.91 Å². The molecule has 0 aliphatic carbocycles. The molecule has 3 amide bonds. The van der Waals surface area contributed by atoms with Gasteiger partial charge in [-0.25, -0.2) is 4.79 Å². The molecule has 20 heavy (non-hydrogen) atoms. The van der Waals surface area contributed by atoms with E-state index >= 15 is 0 Å². The second kappa shape index (κ2) is 8.73. The summed E-state index contributed by atoms with van der Waals surface area (Å²) >= 11 is 0. The highest BCUT2D eigenvalue weighted by Gasteiger charge is 2.22. The summed E-state index contributed by atoms with van der Waals surface area (Å²) in [7, 11) is 1.39. The van der Waals surface area contributed by atoms with Gasteiger partial charge in [0.25, 0.3) is 0 Å². The zero-order valence-electron chi connectivity index (χ0n) is 11.5. The molecule has 0 aromatic rings. The van der Waals surface area contributed by atoms with Gasteiger partial charge in [0, 0.05) is 13.6 Å². The molecular weight excluding hydrogens is 270 g/mol. The third kappa shape index (κ3) is 7.19. The Balaban J connectivity index is 4.50. The zero-order chi connectivity index (χ0) is 15.7. The van der Waals surface area contributed by atoms with Crippen molar-refractivity contribution in [1.82, 2.24) is 9.80 Å². The van der Waals surface area contributed by atoms with Crippen molar-refractivity contribution < 1.29 is 29.0 Å². The third-order valence-corrected chi connectivity index (χ3v) is 2.23. The number of carbonyl (C=O) groups is 4. The summed E-state index contributed by atoms with van der Waals surface area (Å²) in [5.74, 6) is -2.55. The quantitative estimate of drug-likeness (QED) is 0.543. The molecular formula is C11H19N3O6. The number of amides is 3. The number of rotatable bonds is 8. The molecule has 0 atom stereocenters. The van der Waals surface area contributed by atoms with Crippen LogP contribution in [0.5, 0.6) is 0 Å². The van der Waals surface area contributed by atoms with Crippen molar-refractivity contribution in [2.75, 3.05) is 33.3 Å². The summed E-state index contributed by atoms with van der Waals surface area (Å²) < 4.78 is 4.70. The molecule has 0 aliphatic heterocycles. The topological polar surface area (TPSA) is 130 Å². The van der Waals surface area contributed by atoms with Crippen LogP contribution in [0.25, 0.3) is 0 Å². The maximum atomic E-state index is 11.9. The number of aliphatic carboxylic acids is 1. The molecule has 3 N–H and O–H groups in total. The molecule has 0 aromatic heterocycles. The van der Waals surface area contributed by atoms with E-state index in [-0.39, 0.29) is 19.6 Å². The smallest absolute Gasteiger partial charge is 0.323 e. The van der Waals surface area contributed by atoms with Crippen molar-refractivity contribution >= 4 is 23.9 Å². The van der Waals surface area contributed by atoms with Crippen molar-refractivity contribution in [3.05, 3.63) is 0 Å². The fourth-order valence-corrected chi connectivity index (χ4v) is 1.37. The van der Waals surface area contributed by atoms with E-state index < -0.39 is 37.0 Å². The molecule has 0 radical (unpaired) electrons. The average Bonchev–Trinajstić information content (AvgIpc) is 2.33. The number of carboxylic acid groups (broad SMARTS) is 1. The number of esters is 1. The van der Waals surface area contributed by atoms with E-state index in [0.29, 0.717) is 0 Å². The first-order valence-electron chi connectivity index (χ1n) is 5.93. The number of hydrogen-bond donors (Lipinski definition) is 2. The standard InChI is InChI=1S/C11H19N3O6/c1-3-20-10(18)4-5-13(2)11(19)14(6-8(12)15)7-9(16)17/h3-7H2,1-2H3,(H2,12,15)(H,16,17).